The number of hydrogen-bond donors (Lipinski definition) is 1. The lowest BCUT2D eigenvalue weighted by atomic mass is 10.0. The highest BCUT2D eigenvalue weighted by Gasteiger charge is 2.06. The second-order valence-electron chi connectivity index (χ2n) is 2.97. The molecule has 0 radical (unpaired) electrons. The van der Waals surface area contributed by atoms with E-state index in [1.54, 1.807) is 0 Å². The zero-order chi connectivity index (χ0) is 7.52. The summed E-state index contributed by atoms with van der Waals surface area (Å²) >= 11 is 0. The maximum Gasteiger partial charge on any atom is 0.0370 e. The highest BCUT2D eigenvalue weighted by atomic mass is 14.9. The number of hydrogen-bond acceptors (Lipinski definition) is 1. The molecular formula is C10H13N. The molecule has 0 bridgehead atoms. The maximum atomic E-state index is 3.41. The molecule has 1 nitrogen and oxygen atoms in total. The Morgan fingerprint density at radius 1 is 1.09 bits per heavy atom. The number of allylic oxidation sites excluding steroid dienone is 3. The number of fused-ring (bicyclic) bond motifs is 1. The van der Waals surface area contributed by atoms with Crippen LogP contribution in [0.4, 0.5) is 0 Å². The Kier molecular flexibility index (Phi) is 1.80. The van der Waals surface area contributed by atoms with Gasteiger partial charge in [0, 0.05) is 12.2 Å². The van der Waals surface area contributed by atoms with Gasteiger partial charge in [0.05, 0.1) is 0 Å². The Hall–Kier alpha value is -0.980. The van der Waals surface area contributed by atoms with Crippen molar-refractivity contribution in [1.29, 1.82) is 0 Å². The third-order valence-electron chi connectivity index (χ3n) is 2.11. The van der Waals surface area contributed by atoms with Gasteiger partial charge in [-0.2, -0.15) is 0 Å². The summed E-state index contributed by atoms with van der Waals surface area (Å²) in [7, 11) is 0. The summed E-state index contributed by atoms with van der Waals surface area (Å²) in [5, 5.41) is 3.41. The van der Waals surface area contributed by atoms with Crippen molar-refractivity contribution in [2.24, 2.45) is 0 Å². The number of nitrogens with one attached hydrogen (secondary N) is 1. The summed E-state index contributed by atoms with van der Waals surface area (Å²) in [6.07, 6.45) is 12.6. The average molecular weight is 147 g/mol. The molecular weight excluding hydrogens is 134 g/mol. The van der Waals surface area contributed by atoms with E-state index in [0.717, 1.165) is 13.0 Å². The smallest absolute Gasteiger partial charge is 0.0370 e. The molecule has 2 rings (SSSR count). The van der Waals surface area contributed by atoms with E-state index < -0.39 is 0 Å². The molecule has 0 saturated heterocycles. The number of rotatable bonds is 0. The molecule has 58 valence electrons. The molecule has 1 aliphatic carbocycles. The van der Waals surface area contributed by atoms with Crippen LogP contribution in [0.1, 0.15) is 19.3 Å². The van der Waals surface area contributed by atoms with Crippen LogP contribution < -0.4 is 5.32 Å². The minimum atomic E-state index is 1.08. The van der Waals surface area contributed by atoms with E-state index in [1.165, 1.54) is 24.1 Å². The van der Waals surface area contributed by atoms with Gasteiger partial charge in [-0.1, -0.05) is 24.3 Å². The van der Waals surface area contributed by atoms with Gasteiger partial charge in [-0.15, -0.1) is 0 Å². The quantitative estimate of drug-likeness (QED) is 0.553. The molecule has 1 heterocycles. The molecule has 0 fully saturated rings. The maximum absolute atomic E-state index is 3.41. The summed E-state index contributed by atoms with van der Waals surface area (Å²) in [6, 6.07) is 0. The van der Waals surface area contributed by atoms with E-state index in [4.69, 9.17) is 0 Å². The molecule has 0 aromatic heterocycles. The lowest BCUT2D eigenvalue weighted by Crippen LogP contribution is -2.14. The minimum Gasteiger partial charge on any atom is -0.385 e. The zero-order valence-corrected chi connectivity index (χ0v) is 6.64. The van der Waals surface area contributed by atoms with Crippen molar-refractivity contribution in [3.8, 4) is 0 Å². The Morgan fingerprint density at radius 2 is 2.00 bits per heavy atom. The Labute approximate surface area is 67.5 Å². The zero-order valence-electron chi connectivity index (χ0n) is 6.64. The van der Waals surface area contributed by atoms with Crippen molar-refractivity contribution < 1.29 is 0 Å². The molecule has 2 aliphatic rings. The second-order valence-corrected chi connectivity index (χ2v) is 2.97. The van der Waals surface area contributed by atoms with Crippen LogP contribution in [-0.2, 0) is 0 Å². The summed E-state index contributed by atoms with van der Waals surface area (Å²) in [5.41, 5.74) is 2.72. The Balaban J connectivity index is 2.27. The van der Waals surface area contributed by atoms with Gasteiger partial charge < -0.3 is 5.32 Å². The normalized spacial score (nSPS) is 22.5. The molecule has 0 aromatic carbocycles. The van der Waals surface area contributed by atoms with Crippen LogP contribution in [0.15, 0.2) is 35.6 Å². The Morgan fingerprint density at radius 3 is 3.00 bits per heavy atom. The van der Waals surface area contributed by atoms with Gasteiger partial charge in [-0.25, -0.2) is 0 Å². The van der Waals surface area contributed by atoms with Crippen molar-refractivity contribution in [1.82, 2.24) is 5.32 Å². The van der Waals surface area contributed by atoms with Crippen LogP contribution in [0.3, 0.4) is 0 Å². The molecule has 0 saturated carbocycles. The molecule has 0 unspecified atom stereocenters. The van der Waals surface area contributed by atoms with Crippen LogP contribution in [0.25, 0.3) is 0 Å². The molecule has 1 heteroatoms. The monoisotopic (exact) mass is 147 g/mol. The van der Waals surface area contributed by atoms with E-state index in [-0.39, 0.29) is 0 Å². The van der Waals surface area contributed by atoms with E-state index in [9.17, 15) is 0 Å². The van der Waals surface area contributed by atoms with Crippen molar-refractivity contribution in [2.75, 3.05) is 6.54 Å². The highest BCUT2D eigenvalue weighted by molar-refractivity contribution is 5.41. The third-order valence-corrected chi connectivity index (χ3v) is 2.11. The van der Waals surface area contributed by atoms with Crippen LogP contribution in [-0.4, -0.2) is 6.54 Å². The van der Waals surface area contributed by atoms with E-state index in [1.807, 2.05) is 0 Å². The van der Waals surface area contributed by atoms with Gasteiger partial charge >= 0.3 is 0 Å². The summed E-state index contributed by atoms with van der Waals surface area (Å²) in [5.74, 6) is 0. The van der Waals surface area contributed by atoms with E-state index in [2.05, 4.69) is 29.6 Å². The predicted molar refractivity (Wildman–Crippen MR) is 47.2 cm³/mol. The van der Waals surface area contributed by atoms with Crippen LogP contribution >= 0.6 is 0 Å². The van der Waals surface area contributed by atoms with Crippen molar-refractivity contribution >= 4 is 0 Å². The first kappa shape index (κ1) is 6.71. The molecule has 0 aromatic rings. The highest BCUT2D eigenvalue weighted by Crippen LogP contribution is 2.19. The van der Waals surface area contributed by atoms with Gasteiger partial charge in [0.15, 0.2) is 0 Å². The van der Waals surface area contributed by atoms with Crippen molar-refractivity contribution in [3.63, 3.8) is 0 Å². The molecule has 0 spiro atoms. The van der Waals surface area contributed by atoms with Gasteiger partial charge in [-0.05, 0) is 24.8 Å². The SMILES string of the molecule is C1=CC2=CCCC=C2NCC1. The molecule has 1 N–H and O–H groups in total. The van der Waals surface area contributed by atoms with E-state index in [0.29, 0.717) is 0 Å². The fourth-order valence-electron chi connectivity index (χ4n) is 1.53. The molecule has 0 atom stereocenters. The summed E-state index contributed by atoms with van der Waals surface area (Å²) in [6.45, 7) is 1.08. The average Bonchev–Trinajstić information content (AvgIpc) is 2.28. The van der Waals surface area contributed by atoms with Gasteiger partial charge in [-0.3, -0.25) is 0 Å². The van der Waals surface area contributed by atoms with Crippen molar-refractivity contribution in [2.45, 2.75) is 19.3 Å². The molecule has 1 aliphatic heterocycles. The summed E-state index contributed by atoms with van der Waals surface area (Å²) in [4.78, 5) is 0. The van der Waals surface area contributed by atoms with E-state index >= 15 is 0 Å². The lowest BCUT2D eigenvalue weighted by Gasteiger charge is -2.12. The minimum absolute atomic E-state index is 1.08. The van der Waals surface area contributed by atoms with Crippen LogP contribution in [0.2, 0.25) is 0 Å². The molecule has 11 heavy (non-hydrogen) atoms. The van der Waals surface area contributed by atoms with Crippen LogP contribution in [0.5, 0.6) is 0 Å². The standard InChI is InChI=1S/C10H13N/c1-2-7-10-9(5-1)6-3-4-8-11-10/h3,5-7,11H,1-2,4,8H2. The lowest BCUT2D eigenvalue weighted by molar-refractivity contribution is 0.808. The third kappa shape index (κ3) is 1.37. The van der Waals surface area contributed by atoms with Gasteiger partial charge in [0.1, 0.15) is 0 Å². The predicted octanol–water partition coefficient (Wildman–Crippen LogP) is 2.14. The fourth-order valence-corrected chi connectivity index (χ4v) is 1.53. The first-order valence-electron chi connectivity index (χ1n) is 4.28. The first-order valence-corrected chi connectivity index (χ1v) is 4.28. The Bertz CT molecular complexity index is 233. The van der Waals surface area contributed by atoms with Gasteiger partial charge in [0.2, 0.25) is 0 Å². The second kappa shape index (κ2) is 2.95. The van der Waals surface area contributed by atoms with Gasteiger partial charge in [0.25, 0.3) is 0 Å². The summed E-state index contributed by atoms with van der Waals surface area (Å²) < 4.78 is 0. The molecule has 0 amide bonds. The largest absolute Gasteiger partial charge is 0.385 e. The topological polar surface area (TPSA) is 12.0 Å². The van der Waals surface area contributed by atoms with Crippen LogP contribution in [0, 0.1) is 0 Å². The van der Waals surface area contributed by atoms with Crippen molar-refractivity contribution in [3.05, 3.63) is 35.6 Å². The fraction of sp³-hybridized carbons (Fsp3) is 0.400. The first-order chi connectivity index (χ1) is 5.47.